The number of aryl methyl sites for hydroxylation is 1. The predicted molar refractivity (Wildman–Crippen MR) is 123 cm³/mol. The maximum Gasteiger partial charge on any atom is 0.355 e. The van der Waals surface area contributed by atoms with Crippen molar-refractivity contribution in [2.24, 2.45) is 0 Å². The number of anilines is 4. The minimum absolute atomic E-state index is 0.162. The van der Waals surface area contributed by atoms with Gasteiger partial charge in [-0.15, -0.1) is 21.5 Å². The number of para-hydroxylation sites is 1. The summed E-state index contributed by atoms with van der Waals surface area (Å²) < 4.78 is 1.10. The van der Waals surface area contributed by atoms with Crippen LogP contribution in [0.2, 0.25) is 0 Å². The standard InChI is InChI=1S/C21H20N6O2S2/c1-11-10-15(25-26-18(11)24-20-22-13-8-3-4-9-14(13)30-20)27(2)21-23-16(19(28)29)17(31-21)12-6-5-7-12/h3-4,8-10,12H,5-7H2,1-2H3,(H,28,29)(H,22,24,26). The van der Waals surface area contributed by atoms with E-state index in [2.05, 4.69) is 25.5 Å². The van der Waals surface area contributed by atoms with Crippen LogP contribution in [0.5, 0.6) is 0 Å². The van der Waals surface area contributed by atoms with E-state index in [9.17, 15) is 9.90 Å². The van der Waals surface area contributed by atoms with Crippen molar-refractivity contribution in [3.8, 4) is 0 Å². The monoisotopic (exact) mass is 452 g/mol. The number of carboxylic acid groups (broad SMARTS) is 1. The molecule has 1 aliphatic rings. The van der Waals surface area contributed by atoms with Crippen LogP contribution >= 0.6 is 22.7 Å². The largest absolute Gasteiger partial charge is 0.476 e. The van der Waals surface area contributed by atoms with E-state index in [1.807, 2.05) is 44.3 Å². The zero-order valence-electron chi connectivity index (χ0n) is 17.0. The number of carbonyl (C=O) groups is 1. The van der Waals surface area contributed by atoms with Gasteiger partial charge in [0.25, 0.3) is 0 Å². The molecule has 158 valence electrons. The van der Waals surface area contributed by atoms with Crippen molar-refractivity contribution < 1.29 is 9.90 Å². The third kappa shape index (κ3) is 3.72. The highest BCUT2D eigenvalue weighted by Crippen LogP contribution is 2.43. The van der Waals surface area contributed by atoms with Crippen LogP contribution in [-0.4, -0.2) is 38.3 Å². The Bertz CT molecular complexity index is 1250. The lowest BCUT2D eigenvalue weighted by atomic mass is 9.84. The molecule has 2 N–H and O–H groups in total. The number of aromatic nitrogens is 4. The second-order valence-electron chi connectivity index (χ2n) is 7.55. The summed E-state index contributed by atoms with van der Waals surface area (Å²) in [6, 6.07) is 9.88. The van der Waals surface area contributed by atoms with Crippen LogP contribution in [0.25, 0.3) is 10.2 Å². The van der Waals surface area contributed by atoms with Crippen LogP contribution in [0.15, 0.2) is 30.3 Å². The Morgan fingerprint density at radius 3 is 2.68 bits per heavy atom. The Kier molecular flexibility index (Phi) is 5.03. The molecule has 0 atom stereocenters. The third-order valence-electron chi connectivity index (χ3n) is 5.44. The second kappa shape index (κ2) is 7.86. The number of fused-ring (bicyclic) bond motifs is 1. The third-order valence-corrected chi connectivity index (χ3v) is 7.69. The van der Waals surface area contributed by atoms with Crippen molar-refractivity contribution >= 4 is 60.8 Å². The van der Waals surface area contributed by atoms with Crippen LogP contribution < -0.4 is 10.2 Å². The highest BCUT2D eigenvalue weighted by Gasteiger charge is 2.30. The van der Waals surface area contributed by atoms with Crippen LogP contribution in [-0.2, 0) is 0 Å². The fourth-order valence-electron chi connectivity index (χ4n) is 3.45. The highest BCUT2D eigenvalue weighted by atomic mass is 32.1. The van der Waals surface area contributed by atoms with E-state index in [1.54, 1.807) is 16.2 Å². The first-order valence-electron chi connectivity index (χ1n) is 9.94. The van der Waals surface area contributed by atoms with E-state index in [4.69, 9.17) is 0 Å². The Morgan fingerprint density at radius 2 is 2.00 bits per heavy atom. The lowest BCUT2D eigenvalue weighted by molar-refractivity contribution is 0.0689. The summed E-state index contributed by atoms with van der Waals surface area (Å²) in [6.45, 7) is 1.95. The van der Waals surface area contributed by atoms with Crippen LogP contribution in [0.1, 0.15) is 46.1 Å². The van der Waals surface area contributed by atoms with Crippen LogP contribution in [0, 0.1) is 6.92 Å². The van der Waals surface area contributed by atoms with E-state index in [0.29, 0.717) is 22.7 Å². The first kappa shape index (κ1) is 19.8. The van der Waals surface area contributed by atoms with Gasteiger partial charge < -0.3 is 15.3 Å². The average Bonchev–Trinajstić information content (AvgIpc) is 3.32. The van der Waals surface area contributed by atoms with Crippen molar-refractivity contribution in [3.63, 3.8) is 0 Å². The minimum Gasteiger partial charge on any atom is -0.476 e. The summed E-state index contributed by atoms with van der Waals surface area (Å²) in [5, 5.41) is 22.9. The molecular weight excluding hydrogens is 432 g/mol. The fourth-order valence-corrected chi connectivity index (χ4v) is 5.51. The number of carboxylic acids is 1. The first-order chi connectivity index (χ1) is 15.0. The smallest absolute Gasteiger partial charge is 0.355 e. The summed E-state index contributed by atoms with van der Waals surface area (Å²) in [4.78, 5) is 23.3. The van der Waals surface area contributed by atoms with Gasteiger partial charge in [-0.3, -0.25) is 0 Å². The molecular formula is C21H20N6O2S2. The Balaban J connectivity index is 1.39. The van der Waals surface area contributed by atoms with Gasteiger partial charge in [-0.1, -0.05) is 29.9 Å². The molecule has 4 aromatic rings. The molecule has 0 bridgehead atoms. The number of aromatic carboxylic acids is 1. The molecule has 3 heterocycles. The van der Waals surface area contributed by atoms with Gasteiger partial charge in [0.15, 0.2) is 27.6 Å². The lowest BCUT2D eigenvalue weighted by Gasteiger charge is -2.24. The van der Waals surface area contributed by atoms with E-state index < -0.39 is 5.97 Å². The molecule has 0 saturated heterocycles. The fraction of sp³-hybridized carbons (Fsp3) is 0.286. The maximum absolute atomic E-state index is 11.7. The Morgan fingerprint density at radius 1 is 1.19 bits per heavy atom. The molecule has 0 amide bonds. The molecule has 10 heteroatoms. The number of rotatable bonds is 6. The van der Waals surface area contributed by atoms with Gasteiger partial charge in [0.05, 0.1) is 10.2 Å². The molecule has 1 saturated carbocycles. The zero-order chi connectivity index (χ0) is 21.5. The average molecular weight is 453 g/mol. The number of thiazole rings is 2. The Labute approximate surface area is 186 Å². The quantitative estimate of drug-likeness (QED) is 0.405. The van der Waals surface area contributed by atoms with E-state index >= 15 is 0 Å². The predicted octanol–water partition coefficient (Wildman–Crippen LogP) is 5.33. The molecule has 3 aromatic heterocycles. The summed E-state index contributed by atoms with van der Waals surface area (Å²) in [5.74, 6) is 0.573. The summed E-state index contributed by atoms with van der Waals surface area (Å²) in [7, 11) is 1.83. The van der Waals surface area contributed by atoms with Crippen LogP contribution in [0.3, 0.4) is 0 Å². The normalized spacial score (nSPS) is 13.9. The topological polar surface area (TPSA) is 104 Å². The molecule has 31 heavy (non-hydrogen) atoms. The van der Waals surface area contributed by atoms with Gasteiger partial charge in [0.2, 0.25) is 0 Å². The van der Waals surface area contributed by atoms with Crippen LogP contribution in [0.4, 0.5) is 21.9 Å². The molecule has 1 aliphatic carbocycles. The van der Waals surface area contributed by atoms with E-state index in [-0.39, 0.29) is 5.69 Å². The maximum atomic E-state index is 11.7. The summed E-state index contributed by atoms with van der Waals surface area (Å²) >= 11 is 2.99. The van der Waals surface area contributed by atoms with Crippen molar-refractivity contribution in [2.75, 3.05) is 17.3 Å². The van der Waals surface area contributed by atoms with Crippen molar-refractivity contribution in [2.45, 2.75) is 32.1 Å². The molecule has 0 aliphatic heterocycles. The van der Waals surface area contributed by atoms with Gasteiger partial charge in [-0.25, -0.2) is 14.8 Å². The first-order valence-corrected chi connectivity index (χ1v) is 11.6. The summed E-state index contributed by atoms with van der Waals surface area (Å²) in [5.41, 5.74) is 2.01. The van der Waals surface area contributed by atoms with Gasteiger partial charge in [-0.05, 0) is 49.4 Å². The highest BCUT2D eigenvalue weighted by molar-refractivity contribution is 7.22. The second-order valence-corrected chi connectivity index (χ2v) is 9.59. The van der Waals surface area contributed by atoms with Crippen molar-refractivity contribution in [1.82, 2.24) is 20.2 Å². The van der Waals surface area contributed by atoms with E-state index in [0.717, 1.165) is 45.1 Å². The van der Waals surface area contributed by atoms with Gasteiger partial charge >= 0.3 is 5.97 Å². The molecule has 1 aromatic carbocycles. The molecule has 1 fully saturated rings. The number of hydrogen-bond acceptors (Lipinski definition) is 9. The number of nitrogens with one attached hydrogen (secondary N) is 1. The van der Waals surface area contributed by atoms with Gasteiger partial charge in [0.1, 0.15) is 0 Å². The lowest BCUT2D eigenvalue weighted by Crippen LogP contribution is -2.13. The number of hydrogen-bond donors (Lipinski definition) is 2. The molecule has 5 rings (SSSR count). The SMILES string of the molecule is Cc1cc(N(C)c2nc(C(=O)O)c(C3CCC3)s2)nnc1Nc1nc2ccccc2s1. The minimum atomic E-state index is -0.976. The molecule has 0 radical (unpaired) electrons. The summed E-state index contributed by atoms with van der Waals surface area (Å²) in [6.07, 6.45) is 3.19. The van der Waals surface area contributed by atoms with E-state index in [1.165, 1.54) is 11.3 Å². The Hall–Kier alpha value is -3.11. The molecule has 0 unspecified atom stereocenters. The molecule has 8 nitrogen and oxygen atoms in total. The van der Waals surface area contributed by atoms with Gasteiger partial charge in [-0.2, -0.15) is 0 Å². The number of nitrogens with zero attached hydrogens (tertiary/aromatic N) is 5. The van der Waals surface area contributed by atoms with Crippen molar-refractivity contribution in [1.29, 1.82) is 0 Å². The zero-order valence-corrected chi connectivity index (χ0v) is 18.6. The van der Waals surface area contributed by atoms with Gasteiger partial charge in [0, 0.05) is 11.9 Å². The molecule has 0 spiro atoms. The number of benzene rings is 1. The van der Waals surface area contributed by atoms with Crippen molar-refractivity contribution in [3.05, 3.63) is 46.5 Å².